The fraction of sp³-hybridized carbons (Fsp3) is 0.368. The SMILES string of the molecule is CCOC(=O)N1CCN(c2ncnc3c2cnn3-c2cc(Cl)ccc2C)CC1. The average Bonchev–Trinajstić information content (AvgIpc) is 3.14. The van der Waals surface area contributed by atoms with E-state index in [1.54, 1.807) is 22.1 Å². The van der Waals surface area contributed by atoms with E-state index in [9.17, 15) is 4.79 Å². The second-order valence-electron chi connectivity index (χ2n) is 6.59. The minimum atomic E-state index is -0.265. The maximum Gasteiger partial charge on any atom is 0.409 e. The monoisotopic (exact) mass is 400 g/mol. The maximum atomic E-state index is 11.9. The quantitative estimate of drug-likeness (QED) is 0.672. The summed E-state index contributed by atoms with van der Waals surface area (Å²) in [7, 11) is 0. The summed E-state index contributed by atoms with van der Waals surface area (Å²) in [4.78, 5) is 24.7. The molecule has 1 aliphatic heterocycles. The molecule has 9 heteroatoms. The Balaban J connectivity index is 1.63. The Morgan fingerprint density at radius 2 is 2.00 bits per heavy atom. The summed E-state index contributed by atoms with van der Waals surface area (Å²) < 4.78 is 6.87. The molecule has 28 heavy (non-hydrogen) atoms. The van der Waals surface area contributed by atoms with Crippen LogP contribution in [0, 0.1) is 6.92 Å². The van der Waals surface area contributed by atoms with Gasteiger partial charge in [-0.25, -0.2) is 19.4 Å². The van der Waals surface area contributed by atoms with Crippen molar-refractivity contribution >= 4 is 34.5 Å². The number of benzene rings is 1. The fourth-order valence-corrected chi connectivity index (χ4v) is 3.55. The third-order valence-corrected chi connectivity index (χ3v) is 5.08. The van der Waals surface area contributed by atoms with Crippen molar-refractivity contribution in [1.82, 2.24) is 24.6 Å². The summed E-state index contributed by atoms with van der Waals surface area (Å²) in [6.07, 6.45) is 3.06. The normalized spacial score (nSPS) is 14.5. The summed E-state index contributed by atoms with van der Waals surface area (Å²) >= 11 is 6.18. The number of anilines is 1. The van der Waals surface area contributed by atoms with Crippen LogP contribution >= 0.6 is 11.6 Å². The molecule has 0 N–H and O–H groups in total. The van der Waals surface area contributed by atoms with Crippen molar-refractivity contribution < 1.29 is 9.53 Å². The molecule has 0 spiro atoms. The number of aromatic nitrogens is 4. The van der Waals surface area contributed by atoms with Crippen molar-refractivity contribution in [1.29, 1.82) is 0 Å². The van der Waals surface area contributed by atoms with Crippen molar-refractivity contribution in [2.75, 3.05) is 37.7 Å². The van der Waals surface area contributed by atoms with E-state index >= 15 is 0 Å². The first-order valence-corrected chi connectivity index (χ1v) is 9.58. The molecule has 1 fully saturated rings. The minimum Gasteiger partial charge on any atom is -0.450 e. The lowest BCUT2D eigenvalue weighted by Crippen LogP contribution is -2.49. The average molecular weight is 401 g/mol. The van der Waals surface area contributed by atoms with Crippen molar-refractivity contribution in [2.45, 2.75) is 13.8 Å². The molecule has 1 aliphatic rings. The zero-order valence-corrected chi connectivity index (χ0v) is 16.6. The highest BCUT2D eigenvalue weighted by Crippen LogP contribution is 2.27. The summed E-state index contributed by atoms with van der Waals surface area (Å²) in [5.74, 6) is 0.819. The molecule has 1 saturated heterocycles. The minimum absolute atomic E-state index is 0.265. The topological polar surface area (TPSA) is 76.4 Å². The van der Waals surface area contributed by atoms with Crippen molar-refractivity contribution in [3.05, 3.63) is 41.3 Å². The Morgan fingerprint density at radius 1 is 1.21 bits per heavy atom. The molecule has 0 aliphatic carbocycles. The largest absolute Gasteiger partial charge is 0.450 e. The van der Waals surface area contributed by atoms with Gasteiger partial charge >= 0.3 is 6.09 Å². The van der Waals surface area contributed by atoms with Crippen LogP contribution in [0.5, 0.6) is 0 Å². The Bertz CT molecular complexity index is 1010. The van der Waals surface area contributed by atoms with Crippen LogP contribution in [0.3, 0.4) is 0 Å². The number of carbonyl (C=O) groups is 1. The van der Waals surface area contributed by atoms with E-state index in [2.05, 4.69) is 20.0 Å². The molecular weight excluding hydrogens is 380 g/mol. The standard InChI is InChI=1S/C19H21ClN6O2/c1-3-28-19(27)25-8-6-24(7-9-25)17-15-11-23-26(18(15)22-12-21-17)16-10-14(20)5-4-13(16)2/h4-5,10-12H,3,6-9H2,1-2H3. The van der Waals surface area contributed by atoms with Gasteiger partial charge in [0.25, 0.3) is 0 Å². The van der Waals surface area contributed by atoms with Crippen LogP contribution in [0.25, 0.3) is 16.7 Å². The molecule has 1 amide bonds. The van der Waals surface area contributed by atoms with Gasteiger partial charge in [0.05, 0.1) is 23.9 Å². The van der Waals surface area contributed by atoms with E-state index in [1.165, 1.54) is 0 Å². The zero-order valence-electron chi connectivity index (χ0n) is 15.8. The molecule has 146 valence electrons. The third-order valence-electron chi connectivity index (χ3n) is 4.85. The molecule has 8 nitrogen and oxygen atoms in total. The van der Waals surface area contributed by atoms with Gasteiger partial charge in [0.1, 0.15) is 12.1 Å². The van der Waals surface area contributed by atoms with Crippen molar-refractivity contribution in [3.8, 4) is 5.69 Å². The first-order chi connectivity index (χ1) is 13.6. The number of hydrogen-bond acceptors (Lipinski definition) is 6. The van der Waals surface area contributed by atoms with Crippen molar-refractivity contribution in [2.24, 2.45) is 0 Å². The number of aryl methyl sites for hydroxylation is 1. The smallest absolute Gasteiger partial charge is 0.409 e. The number of nitrogens with zero attached hydrogens (tertiary/aromatic N) is 6. The van der Waals surface area contributed by atoms with E-state index in [4.69, 9.17) is 16.3 Å². The highest BCUT2D eigenvalue weighted by molar-refractivity contribution is 6.30. The van der Waals surface area contributed by atoms with E-state index in [1.807, 2.05) is 32.0 Å². The van der Waals surface area contributed by atoms with E-state index < -0.39 is 0 Å². The number of rotatable bonds is 3. The second kappa shape index (κ2) is 7.63. The van der Waals surface area contributed by atoms with E-state index in [0.717, 1.165) is 28.1 Å². The number of hydrogen-bond donors (Lipinski definition) is 0. The summed E-state index contributed by atoms with van der Waals surface area (Å²) in [6, 6.07) is 5.70. The van der Waals surface area contributed by atoms with Crippen LogP contribution in [-0.2, 0) is 4.74 Å². The number of fused-ring (bicyclic) bond motifs is 1. The van der Waals surface area contributed by atoms with Gasteiger partial charge in [-0.2, -0.15) is 5.10 Å². The predicted octanol–water partition coefficient (Wildman–Crippen LogP) is 3.06. The van der Waals surface area contributed by atoms with Crippen LogP contribution in [-0.4, -0.2) is 63.5 Å². The number of ether oxygens (including phenoxy) is 1. The molecule has 0 radical (unpaired) electrons. The lowest BCUT2D eigenvalue weighted by Gasteiger charge is -2.34. The first-order valence-electron chi connectivity index (χ1n) is 9.20. The van der Waals surface area contributed by atoms with E-state index in [0.29, 0.717) is 37.8 Å². The number of piperazine rings is 1. The number of carbonyl (C=O) groups excluding carboxylic acids is 1. The highest BCUT2D eigenvalue weighted by Gasteiger charge is 2.25. The maximum absolute atomic E-state index is 11.9. The van der Waals surface area contributed by atoms with Crippen LogP contribution in [0.15, 0.2) is 30.7 Å². The number of halogens is 1. The number of amides is 1. The molecule has 0 atom stereocenters. The summed E-state index contributed by atoms with van der Waals surface area (Å²) in [6.45, 7) is 6.73. The lowest BCUT2D eigenvalue weighted by molar-refractivity contribution is 0.105. The molecule has 0 unspecified atom stereocenters. The van der Waals surface area contributed by atoms with E-state index in [-0.39, 0.29) is 6.09 Å². The Hall–Kier alpha value is -2.87. The lowest BCUT2D eigenvalue weighted by atomic mass is 10.2. The second-order valence-corrected chi connectivity index (χ2v) is 7.03. The fourth-order valence-electron chi connectivity index (χ4n) is 3.39. The van der Waals surface area contributed by atoms with Gasteiger partial charge < -0.3 is 14.5 Å². The van der Waals surface area contributed by atoms with Crippen LogP contribution < -0.4 is 4.90 Å². The molecule has 3 aromatic rings. The van der Waals surface area contributed by atoms with Gasteiger partial charge in [0, 0.05) is 31.2 Å². The molecule has 0 saturated carbocycles. The van der Waals surface area contributed by atoms with Gasteiger partial charge in [-0.3, -0.25) is 0 Å². The summed E-state index contributed by atoms with van der Waals surface area (Å²) in [5, 5.41) is 6.05. The third kappa shape index (κ3) is 3.35. The van der Waals surface area contributed by atoms with Gasteiger partial charge in [-0.05, 0) is 31.5 Å². The molecular formula is C19H21ClN6O2. The van der Waals surface area contributed by atoms with Crippen LogP contribution in [0.2, 0.25) is 5.02 Å². The predicted molar refractivity (Wildman–Crippen MR) is 107 cm³/mol. The van der Waals surface area contributed by atoms with Crippen molar-refractivity contribution in [3.63, 3.8) is 0 Å². The van der Waals surface area contributed by atoms with Crippen LogP contribution in [0.1, 0.15) is 12.5 Å². The van der Waals surface area contributed by atoms with Gasteiger partial charge in [0.2, 0.25) is 0 Å². The molecule has 3 heterocycles. The Labute approximate surface area is 167 Å². The van der Waals surface area contributed by atoms with Crippen LogP contribution in [0.4, 0.5) is 10.6 Å². The Morgan fingerprint density at radius 3 is 2.75 bits per heavy atom. The summed E-state index contributed by atoms with van der Waals surface area (Å²) in [5.41, 5.74) is 2.67. The van der Waals surface area contributed by atoms with Gasteiger partial charge in [0.15, 0.2) is 5.65 Å². The van der Waals surface area contributed by atoms with Gasteiger partial charge in [-0.15, -0.1) is 0 Å². The molecule has 1 aromatic carbocycles. The highest BCUT2D eigenvalue weighted by atomic mass is 35.5. The van der Waals surface area contributed by atoms with Gasteiger partial charge in [-0.1, -0.05) is 17.7 Å². The zero-order chi connectivity index (χ0) is 19.7. The molecule has 4 rings (SSSR count). The first kappa shape index (κ1) is 18.5. The molecule has 2 aromatic heterocycles. The Kier molecular flexibility index (Phi) is 5.04. The molecule has 0 bridgehead atoms.